The third kappa shape index (κ3) is 6.27. The molecule has 0 saturated heterocycles. The molecule has 0 fully saturated rings. The number of hydrogen-bond donors (Lipinski definition) is 1. The highest BCUT2D eigenvalue weighted by Gasteiger charge is 2.32. The number of methoxy groups -OCH3 is 2. The van der Waals surface area contributed by atoms with E-state index in [0.717, 1.165) is 24.8 Å². The molecule has 1 atom stereocenters. The molecule has 8 heteroatoms. The van der Waals surface area contributed by atoms with Crippen molar-refractivity contribution >= 4 is 5.97 Å². The summed E-state index contributed by atoms with van der Waals surface area (Å²) in [6.45, 7) is 2.77. The van der Waals surface area contributed by atoms with Crippen LogP contribution >= 0.6 is 0 Å². The number of carbonyl (C=O) groups excluding carboxylic acids is 1. The van der Waals surface area contributed by atoms with Crippen LogP contribution in [0.2, 0.25) is 0 Å². The van der Waals surface area contributed by atoms with Crippen LogP contribution in [0.4, 0.5) is 0 Å². The summed E-state index contributed by atoms with van der Waals surface area (Å²) < 4.78 is 28.1. The van der Waals surface area contributed by atoms with E-state index in [1.165, 1.54) is 13.5 Å². The Hall–Kier alpha value is -4.64. The Morgan fingerprint density at radius 1 is 0.974 bits per heavy atom. The number of esters is 1. The molecule has 4 rings (SSSR count). The van der Waals surface area contributed by atoms with E-state index in [0.29, 0.717) is 40.7 Å². The standard InChI is InChI=1S/C31H32N2O6/c1-4-5-6-7-15-37-26-14-11-20(17-28(26)36-3)29-24-13-12-23(18-27(24)39-30(33)25(29)19-32)38-31(34)21-9-8-10-22(16-21)35-2/h8-14,16-18,29H,4-7,15,33H2,1-3H3. The smallest absolute Gasteiger partial charge is 0.343 e. The molecule has 202 valence electrons. The van der Waals surface area contributed by atoms with Crippen LogP contribution in [-0.4, -0.2) is 26.8 Å². The van der Waals surface area contributed by atoms with Gasteiger partial charge in [0.05, 0.1) is 32.3 Å². The van der Waals surface area contributed by atoms with Crippen LogP contribution < -0.4 is 29.4 Å². The van der Waals surface area contributed by atoms with Gasteiger partial charge in [-0.3, -0.25) is 0 Å². The SMILES string of the molecule is CCCCCCOc1ccc(C2C(C#N)=C(N)Oc3cc(OC(=O)c4cccc(OC)c4)ccc32)cc1OC. The van der Waals surface area contributed by atoms with Crippen molar-refractivity contribution < 1.29 is 28.5 Å². The van der Waals surface area contributed by atoms with Gasteiger partial charge in [0.2, 0.25) is 5.88 Å². The molecule has 1 unspecified atom stereocenters. The molecule has 8 nitrogen and oxygen atoms in total. The van der Waals surface area contributed by atoms with E-state index in [9.17, 15) is 10.1 Å². The summed E-state index contributed by atoms with van der Waals surface area (Å²) in [7, 11) is 3.11. The van der Waals surface area contributed by atoms with Crippen molar-refractivity contribution in [3.63, 3.8) is 0 Å². The number of unbranched alkanes of at least 4 members (excludes halogenated alkanes) is 3. The number of nitrogens with zero attached hydrogens (tertiary/aromatic N) is 1. The second-order valence-corrected chi connectivity index (χ2v) is 9.07. The maximum atomic E-state index is 12.7. The van der Waals surface area contributed by atoms with E-state index in [1.54, 1.807) is 49.6 Å². The van der Waals surface area contributed by atoms with Gasteiger partial charge in [0, 0.05) is 11.6 Å². The minimum absolute atomic E-state index is 0.0125. The van der Waals surface area contributed by atoms with Crippen LogP contribution in [0.15, 0.2) is 72.1 Å². The highest BCUT2D eigenvalue weighted by molar-refractivity contribution is 5.91. The molecule has 1 aliphatic rings. The molecule has 2 N–H and O–H groups in total. The first-order valence-electron chi connectivity index (χ1n) is 12.9. The summed E-state index contributed by atoms with van der Waals surface area (Å²) in [5, 5.41) is 9.93. The number of ether oxygens (including phenoxy) is 5. The molecule has 1 heterocycles. The van der Waals surface area contributed by atoms with Gasteiger partial charge in [-0.15, -0.1) is 0 Å². The lowest BCUT2D eigenvalue weighted by atomic mass is 9.83. The van der Waals surface area contributed by atoms with Crippen molar-refractivity contribution in [2.75, 3.05) is 20.8 Å². The van der Waals surface area contributed by atoms with Crippen molar-refractivity contribution in [3.8, 4) is 34.8 Å². The number of allylic oxidation sites excluding steroid dienone is 1. The van der Waals surface area contributed by atoms with Crippen molar-refractivity contribution in [3.05, 3.63) is 88.8 Å². The first-order chi connectivity index (χ1) is 19.0. The van der Waals surface area contributed by atoms with Gasteiger partial charge in [-0.2, -0.15) is 5.26 Å². The molecule has 0 bridgehead atoms. The quantitative estimate of drug-likeness (QED) is 0.180. The fraction of sp³-hybridized carbons (Fsp3) is 0.290. The van der Waals surface area contributed by atoms with Gasteiger partial charge in [-0.05, 0) is 48.4 Å². The normalized spacial score (nSPS) is 14.1. The third-order valence-electron chi connectivity index (χ3n) is 6.48. The minimum Gasteiger partial charge on any atom is -0.497 e. The number of benzene rings is 3. The third-order valence-corrected chi connectivity index (χ3v) is 6.48. The maximum Gasteiger partial charge on any atom is 0.343 e. The van der Waals surface area contributed by atoms with E-state index in [1.807, 2.05) is 18.2 Å². The van der Waals surface area contributed by atoms with Gasteiger partial charge in [0.15, 0.2) is 11.5 Å². The first-order valence-corrected chi connectivity index (χ1v) is 12.9. The highest BCUT2D eigenvalue weighted by Crippen LogP contribution is 2.45. The van der Waals surface area contributed by atoms with E-state index in [4.69, 9.17) is 29.4 Å². The zero-order valence-corrected chi connectivity index (χ0v) is 22.4. The lowest BCUT2D eigenvalue weighted by molar-refractivity contribution is 0.0734. The Balaban J connectivity index is 1.60. The van der Waals surface area contributed by atoms with E-state index in [2.05, 4.69) is 13.0 Å². The summed E-state index contributed by atoms with van der Waals surface area (Å²) in [6, 6.07) is 19.5. The Morgan fingerprint density at radius 3 is 2.56 bits per heavy atom. The number of carbonyl (C=O) groups is 1. The van der Waals surface area contributed by atoms with Crippen LogP contribution in [-0.2, 0) is 0 Å². The summed E-state index contributed by atoms with van der Waals surface area (Å²) in [4.78, 5) is 12.7. The number of rotatable bonds is 11. The number of hydrogen-bond acceptors (Lipinski definition) is 8. The van der Waals surface area contributed by atoms with Gasteiger partial charge < -0.3 is 29.4 Å². The Morgan fingerprint density at radius 2 is 1.82 bits per heavy atom. The zero-order chi connectivity index (χ0) is 27.8. The molecular weight excluding hydrogens is 496 g/mol. The lowest BCUT2D eigenvalue weighted by Crippen LogP contribution is -2.21. The topological polar surface area (TPSA) is 113 Å². The maximum absolute atomic E-state index is 12.7. The van der Waals surface area contributed by atoms with Crippen LogP contribution in [0.1, 0.15) is 60.0 Å². The van der Waals surface area contributed by atoms with Crippen molar-refractivity contribution in [1.82, 2.24) is 0 Å². The van der Waals surface area contributed by atoms with Gasteiger partial charge in [0.1, 0.15) is 28.9 Å². The Kier molecular flexibility index (Phi) is 8.95. The van der Waals surface area contributed by atoms with E-state index < -0.39 is 11.9 Å². The second kappa shape index (κ2) is 12.7. The molecule has 39 heavy (non-hydrogen) atoms. The zero-order valence-electron chi connectivity index (χ0n) is 22.4. The van der Waals surface area contributed by atoms with Gasteiger partial charge >= 0.3 is 5.97 Å². The molecule has 0 spiro atoms. The molecule has 0 aromatic heterocycles. The monoisotopic (exact) mass is 528 g/mol. The Bertz CT molecular complexity index is 1410. The van der Waals surface area contributed by atoms with Crippen LogP contribution in [0.25, 0.3) is 0 Å². The average Bonchev–Trinajstić information content (AvgIpc) is 2.96. The van der Waals surface area contributed by atoms with Gasteiger partial charge in [-0.1, -0.05) is 44.4 Å². The predicted octanol–water partition coefficient (Wildman–Crippen LogP) is 6.10. The van der Waals surface area contributed by atoms with Gasteiger partial charge in [-0.25, -0.2) is 4.79 Å². The first kappa shape index (κ1) is 27.4. The van der Waals surface area contributed by atoms with Crippen LogP contribution in [0.3, 0.4) is 0 Å². The number of nitriles is 1. The summed E-state index contributed by atoms with van der Waals surface area (Å²) in [6.07, 6.45) is 4.42. The highest BCUT2D eigenvalue weighted by atomic mass is 16.5. The summed E-state index contributed by atoms with van der Waals surface area (Å²) in [5.41, 5.74) is 8.28. The van der Waals surface area contributed by atoms with Crippen molar-refractivity contribution in [1.29, 1.82) is 5.26 Å². The molecule has 0 amide bonds. The van der Waals surface area contributed by atoms with Crippen LogP contribution in [0, 0.1) is 11.3 Å². The largest absolute Gasteiger partial charge is 0.497 e. The minimum atomic E-state index is -0.544. The molecule has 0 aliphatic carbocycles. The fourth-order valence-corrected chi connectivity index (χ4v) is 4.45. The lowest BCUT2D eigenvalue weighted by Gasteiger charge is -2.27. The number of nitrogens with two attached hydrogens (primary N) is 1. The summed E-state index contributed by atoms with van der Waals surface area (Å²) in [5.74, 6) is 1.36. The molecule has 0 saturated carbocycles. The van der Waals surface area contributed by atoms with Crippen molar-refractivity contribution in [2.24, 2.45) is 5.73 Å². The van der Waals surface area contributed by atoms with E-state index in [-0.39, 0.29) is 17.2 Å². The molecule has 3 aromatic carbocycles. The van der Waals surface area contributed by atoms with Gasteiger partial charge in [0.25, 0.3) is 0 Å². The Labute approximate surface area is 228 Å². The molecule has 0 radical (unpaired) electrons. The molecular formula is C31H32N2O6. The predicted molar refractivity (Wildman–Crippen MR) is 146 cm³/mol. The van der Waals surface area contributed by atoms with Crippen LogP contribution in [0.5, 0.6) is 28.7 Å². The summed E-state index contributed by atoms with van der Waals surface area (Å²) >= 11 is 0. The van der Waals surface area contributed by atoms with Crippen molar-refractivity contribution in [2.45, 2.75) is 38.5 Å². The molecule has 1 aliphatic heterocycles. The second-order valence-electron chi connectivity index (χ2n) is 9.07. The molecule has 3 aromatic rings. The average molecular weight is 529 g/mol. The fourth-order valence-electron chi connectivity index (χ4n) is 4.45. The van der Waals surface area contributed by atoms with E-state index >= 15 is 0 Å². The number of fused-ring (bicyclic) bond motifs is 1.